The van der Waals surface area contributed by atoms with Crippen LogP contribution in [0.1, 0.15) is 53.6 Å². The summed E-state index contributed by atoms with van der Waals surface area (Å²) in [5.41, 5.74) is 3.17. The van der Waals surface area contributed by atoms with Crippen molar-refractivity contribution in [2.24, 2.45) is 0 Å². The van der Waals surface area contributed by atoms with Gasteiger partial charge in [-0.25, -0.2) is 4.79 Å². The minimum Gasteiger partial charge on any atom is -0.496 e. The molecule has 2 fully saturated rings. The van der Waals surface area contributed by atoms with Crippen LogP contribution < -0.4 is 10.2 Å². The molecule has 0 unspecified atom stereocenters. The van der Waals surface area contributed by atoms with E-state index in [9.17, 15) is 14.7 Å². The molecule has 0 saturated heterocycles. The second-order valence-corrected chi connectivity index (χ2v) is 8.20. The van der Waals surface area contributed by atoms with Gasteiger partial charge in [0.25, 0.3) is 0 Å². The van der Waals surface area contributed by atoms with Crippen LogP contribution in [0.4, 0.5) is 0 Å². The van der Waals surface area contributed by atoms with Crippen molar-refractivity contribution in [3.8, 4) is 17.0 Å². The summed E-state index contributed by atoms with van der Waals surface area (Å²) < 4.78 is 13.5. The predicted molar refractivity (Wildman–Crippen MR) is 103 cm³/mol. The molecular weight excluding hydrogens is 358 g/mol. The van der Waals surface area contributed by atoms with Crippen molar-refractivity contribution in [2.75, 3.05) is 7.11 Å². The van der Waals surface area contributed by atoms with E-state index in [4.69, 9.17) is 9.47 Å². The van der Waals surface area contributed by atoms with Crippen molar-refractivity contribution in [3.05, 3.63) is 51.3 Å². The summed E-state index contributed by atoms with van der Waals surface area (Å²) in [6.45, 7) is 0.527. The zero-order chi connectivity index (χ0) is 19.5. The Hall–Kier alpha value is -2.60. The fourth-order valence-electron chi connectivity index (χ4n) is 4.54. The van der Waals surface area contributed by atoms with Gasteiger partial charge in [-0.3, -0.25) is 4.79 Å². The Labute approximate surface area is 162 Å². The van der Waals surface area contributed by atoms with Crippen molar-refractivity contribution in [3.63, 3.8) is 0 Å². The van der Waals surface area contributed by atoms with E-state index in [1.54, 1.807) is 13.3 Å². The molecule has 1 aromatic heterocycles. The van der Waals surface area contributed by atoms with E-state index in [2.05, 4.69) is 6.07 Å². The standard InChI is InChI=1S/C22H23NO5/c1-27-20-8-16-13(7-14(20)12-28-15-3-4-15)10-22(5-2-6-22)23-11-17(21(25)26)19(24)9-18(16)23/h7-9,11,15H,2-6,10,12H2,1H3,(H,25,26). The van der Waals surface area contributed by atoms with Gasteiger partial charge in [-0.2, -0.15) is 0 Å². The highest BCUT2D eigenvalue weighted by Crippen LogP contribution is 2.49. The molecule has 1 aliphatic heterocycles. The Morgan fingerprint density at radius 1 is 1.29 bits per heavy atom. The Balaban J connectivity index is 1.66. The van der Waals surface area contributed by atoms with Crippen LogP contribution in [0.5, 0.6) is 5.75 Å². The quantitative estimate of drug-likeness (QED) is 0.860. The van der Waals surface area contributed by atoms with Crippen molar-refractivity contribution >= 4 is 5.97 Å². The zero-order valence-corrected chi connectivity index (χ0v) is 15.9. The second-order valence-electron chi connectivity index (χ2n) is 8.20. The van der Waals surface area contributed by atoms with E-state index in [1.165, 1.54) is 11.6 Å². The topological polar surface area (TPSA) is 77.8 Å². The SMILES string of the molecule is COc1cc2c(cc1COC1CC1)CC1(CCC1)n1cc(C(=O)O)c(=O)cc1-2. The maximum atomic E-state index is 12.4. The lowest BCUT2D eigenvalue weighted by Crippen LogP contribution is -2.46. The van der Waals surface area contributed by atoms with E-state index in [0.717, 1.165) is 61.1 Å². The van der Waals surface area contributed by atoms with Crippen LogP contribution in [0.2, 0.25) is 0 Å². The first-order chi connectivity index (χ1) is 13.5. The summed E-state index contributed by atoms with van der Waals surface area (Å²) in [4.78, 5) is 23.9. The van der Waals surface area contributed by atoms with E-state index in [0.29, 0.717) is 12.7 Å². The number of methoxy groups -OCH3 is 1. The number of aromatic carboxylic acids is 1. The second kappa shape index (κ2) is 6.21. The first-order valence-corrected chi connectivity index (χ1v) is 9.83. The van der Waals surface area contributed by atoms with Gasteiger partial charge in [0.05, 0.1) is 25.5 Å². The van der Waals surface area contributed by atoms with Gasteiger partial charge < -0.3 is 19.1 Å². The number of carbonyl (C=O) groups is 1. The number of hydrogen-bond donors (Lipinski definition) is 1. The summed E-state index contributed by atoms with van der Waals surface area (Å²) >= 11 is 0. The van der Waals surface area contributed by atoms with Gasteiger partial charge >= 0.3 is 5.97 Å². The lowest BCUT2D eigenvalue weighted by atomic mass is 9.69. The van der Waals surface area contributed by atoms with Crippen LogP contribution in [0.3, 0.4) is 0 Å². The molecule has 5 rings (SSSR count). The lowest BCUT2D eigenvalue weighted by Gasteiger charge is -2.48. The van der Waals surface area contributed by atoms with Gasteiger partial charge in [-0.1, -0.05) is 0 Å². The summed E-state index contributed by atoms with van der Waals surface area (Å²) in [5.74, 6) is -0.434. The number of aromatic nitrogens is 1. The summed E-state index contributed by atoms with van der Waals surface area (Å²) in [6.07, 6.45) is 8.07. The lowest BCUT2D eigenvalue weighted by molar-refractivity contribution is 0.0691. The van der Waals surface area contributed by atoms with Crippen LogP contribution in [0.25, 0.3) is 11.3 Å². The molecule has 1 N–H and O–H groups in total. The van der Waals surface area contributed by atoms with Crippen LogP contribution in [0, 0.1) is 0 Å². The normalized spacial score (nSPS) is 18.9. The van der Waals surface area contributed by atoms with Crippen molar-refractivity contribution in [2.45, 2.75) is 56.8 Å². The minimum absolute atomic E-state index is 0.135. The van der Waals surface area contributed by atoms with Crippen LogP contribution >= 0.6 is 0 Å². The van der Waals surface area contributed by atoms with Gasteiger partial charge in [-0.05, 0) is 56.2 Å². The number of carboxylic acids is 1. The molecular formula is C22H23NO5. The minimum atomic E-state index is -1.18. The van der Waals surface area contributed by atoms with E-state index in [-0.39, 0.29) is 11.1 Å². The van der Waals surface area contributed by atoms with E-state index in [1.807, 2.05) is 10.6 Å². The van der Waals surface area contributed by atoms with Gasteiger partial charge in [-0.15, -0.1) is 0 Å². The molecule has 6 nitrogen and oxygen atoms in total. The molecule has 0 amide bonds. The highest BCUT2D eigenvalue weighted by Gasteiger charge is 2.43. The first-order valence-electron chi connectivity index (χ1n) is 9.83. The van der Waals surface area contributed by atoms with Gasteiger partial charge in [0.15, 0.2) is 5.43 Å². The third kappa shape index (κ3) is 2.66. The molecule has 1 spiro atoms. The molecule has 1 aromatic carbocycles. The molecule has 0 atom stereocenters. The Kier molecular flexibility index (Phi) is 3.88. The molecule has 2 heterocycles. The Morgan fingerprint density at radius 3 is 2.68 bits per heavy atom. The van der Waals surface area contributed by atoms with Crippen LogP contribution in [-0.2, 0) is 23.3 Å². The molecule has 2 aromatic rings. The third-order valence-electron chi connectivity index (χ3n) is 6.38. The number of ether oxygens (including phenoxy) is 2. The average molecular weight is 381 g/mol. The zero-order valence-electron chi connectivity index (χ0n) is 15.9. The summed E-state index contributed by atoms with van der Waals surface area (Å²) in [5, 5.41) is 9.40. The number of carboxylic acid groups (broad SMARTS) is 1. The van der Waals surface area contributed by atoms with E-state index < -0.39 is 11.4 Å². The smallest absolute Gasteiger partial charge is 0.341 e. The van der Waals surface area contributed by atoms with Crippen molar-refractivity contribution in [1.29, 1.82) is 0 Å². The number of nitrogens with zero attached hydrogens (tertiary/aromatic N) is 1. The maximum Gasteiger partial charge on any atom is 0.341 e. The Bertz CT molecular complexity index is 1030. The predicted octanol–water partition coefficient (Wildman–Crippen LogP) is 3.34. The summed E-state index contributed by atoms with van der Waals surface area (Å²) in [6, 6.07) is 5.59. The van der Waals surface area contributed by atoms with Crippen molar-refractivity contribution < 1.29 is 19.4 Å². The molecule has 3 aliphatic rings. The highest BCUT2D eigenvalue weighted by molar-refractivity contribution is 5.88. The molecule has 0 bridgehead atoms. The van der Waals surface area contributed by atoms with Crippen LogP contribution in [-0.4, -0.2) is 28.9 Å². The number of hydrogen-bond acceptors (Lipinski definition) is 4. The maximum absolute atomic E-state index is 12.4. The number of fused-ring (bicyclic) bond motifs is 4. The average Bonchev–Trinajstić information content (AvgIpc) is 3.47. The number of pyridine rings is 1. The van der Waals surface area contributed by atoms with Crippen molar-refractivity contribution in [1.82, 2.24) is 4.57 Å². The first kappa shape index (κ1) is 17.5. The number of rotatable bonds is 5. The van der Waals surface area contributed by atoms with Gasteiger partial charge in [0, 0.05) is 28.9 Å². The monoisotopic (exact) mass is 381 g/mol. The highest BCUT2D eigenvalue weighted by atomic mass is 16.5. The van der Waals surface area contributed by atoms with Gasteiger partial charge in [0.1, 0.15) is 11.3 Å². The fourth-order valence-corrected chi connectivity index (χ4v) is 4.54. The Morgan fingerprint density at radius 2 is 2.07 bits per heavy atom. The van der Waals surface area contributed by atoms with Gasteiger partial charge in [0.2, 0.25) is 0 Å². The number of benzene rings is 1. The van der Waals surface area contributed by atoms with Crippen LogP contribution in [0.15, 0.2) is 29.2 Å². The summed E-state index contributed by atoms with van der Waals surface area (Å²) in [7, 11) is 1.64. The molecule has 2 aliphatic carbocycles. The van der Waals surface area contributed by atoms with E-state index >= 15 is 0 Å². The molecule has 2 saturated carbocycles. The molecule has 0 radical (unpaired) electrons. The fraction of sp³-hybridized carbons (Fsp3) is 0.455. The molecule has 28 heavy (non-hydrogen) atoms. The largest absolute Gasteiger partial charge is 0.496 e. The third-order valence-corrected chi connectivity index (χ3v) is 6.38. The molecule has 146 valence electrons. The molecule has 6 heteroatoms.